The smallest absolute Gasteiger partial charge is 0.408 e. The van der Waals surface area contributed by atoms with Gasteiger partial charge in [0.25, 0.3) is 5.91 Å². The van der Waals surface area contributed by atoms with Crippen LogP contribution in [0.15, 0.2) is 42.5 Å². The van der Waals surface area contributed by atoms with Crippen molar-refractivity contribution in [3.05, 3.63) is 64.2 Å². The number of anilines is 1. The van der Waals surface area contributed by atoms with Gasteiger partial charge in [-0.25, -0.2) is 4.79 Å². The molecule has 4 atom stereocenters. The first-order chi connectivity index (χ1) is 17.7. The molecule has 2 aromatic rings. The molecule has 8 heteroatoms. The summed E-state index contributed by atoms with van der Waals surface area (Å²) in [5.41, 5.74) is 2.23. The molecule has 0 aromatic heterocycles. The molecule has 2 aromatic carbocycles. The van der Waals surface area contributed by atoms with E-state index in [1.165, 1.54) is 0 Å². The molecule has 7 nitrogen and oxygen atoms in total. The molecule has 206 valence electrons. The van der Waals surface area contributed by atoms with E-state index in [4.69, 9.17) is 16.3 Å². The minimum Gasteiger partial charge on any atom is -0.444 e. The molecule has 1 saturated carbocycles. The summed E-state index contributed by atoms with van der Waals surface area (Å²) in [6.45, 7) is 14.9. The Morgan fingerprint density at radius 1 is 1.03 bits per heavy atom. The largest absolute Gasteiger partial charge is 0.444 e. The van der Waals surface area contributed by atoms with Crippen LogP contribution in [0.2, 0.25) is 5.02 Å². The lowest BCUT2D eigenvalue weighted by atomic mass is 9.95. The van der Waals surface area contributed by atoms with E-state index in [0.717, 1.165) is 23.1 Å². The number of nitrogens with one attached hydrogen (secondary N) is 2. The van der Waals surface area contributed by atoms with Crippen LogP contribution in [0.4, 0.5) is 10.5 Å². The number of aryl methyl sites for hydroxylation is 2. The number of benzene rings is 2. The molecular formula is C30H40ClN3O4. The highest BCUT2D eigenvalue weighted by molar-refractivity contribution is 6.34. The van der Waals surface area contributed by atoms with E-state index < -0.39 is 23.8 Å². The molecule has 0 heterocycles. The lowest BCUT2D eigenvalue weighted by Crippen LogP contribution is -2.55. The molecule has 1 aliphatic rings. The lowest BCUT2D eigenvalue weighted by molar-refractivity contribution is -0.142. The quantitative estimate of drug-likeness (QED) is 0.403. The van der Waals surface area contributed by atoms with Crippen LogP contribution in [0.25, 0.3) is 0 Å². The second-order valence-electron chi connectivity index (χ2n) is 11.6. The van der Waals surface area contributed by atoms with Crippen molar-refractivity contribution in [1.29, 1.82) is 0 Å². The van der Waals surface area contributed by atoms with E-state index in [-0.39, 0.29) is 29.7 Å². The van der Waals surface area contributed by atoms with E-state index in [1.807, 2.05) is 64.1 Å². The third-order valence-electron chi connectivity index (χ3n) is 6.76. The third kappa shape index (κ3) is 7.07. The minimum atomic E-state index is -0.920. The van der Waals surface area contributed by atoms with Crippen LogP contribution < -0.4 is 10.6 Å². The SMILES string of the molecule is Cc1ccccc1C(C(=O)Nc1c(C)cccc1Cl)N(C(=O)C(NC(=O)OC(C)(C)C)C(C)C)C1CC1C. The van der Waals surface area contributed by atoms with Crippen LogP contribution in [-0.2, 0) is 14.3 Å². The van der Waals surface area contributed by atoms with E-state index in [0.29, 0.717) is 10.7 Å². The van der Waals surface area contributed by atoms with Crippen LogP contribution in [0.5, 0.6) is 0 Å². The van der Waals surface area contributed by atoms with Crippen molar-refractivity contribution in [3.63, 3.8) is 0 Å². The first kappa shape index (κ1) is 29.5. The Hall–Kier alpha value is -3.06. The molecule has 0 aliphatic heterocycles. The number of nitrogens with zero attached hydrogens (tertiary/aromatic N) is 1. The Kier molecular flexibility index (Phi) is 9.13. The number of para-hydroxylation sites is 1. The maximum atomic E-state index is 14.3. The van der Waals surface area contributed by atoms with E-state index >= 15 is 0 Å². The van der Waals surface area contributed by atoms with Crippen molar-refractivity contribution in [3.8, 4) is 0 Å². The van der Waals surface area contributed by atoms with Crippen LogP contribution in [0, 0.1) is 25.7 Å². The highest BCUT2D eigenvalue weighted by Crippen LogP contribution is 2.42. The predicted octanol–water partition coefficient (Wildman–Crippen LogP) is 6.42. The number of ether oxygens (including phenoxy) is 1. The van der Waals surface area contributed by atoms with Gasteiger partial charge in [-0.1, -0.05) is 68.8 Å². The fourth-order valence-corrected chi connectivity index (χ4v) is 4.84. The Morgan fingerprint density at radius 2 is 1.63 bits per heavy atom. The summed E-state index contributed by atoms with van der Waals surface area (Å²) < 4.78 is 5.45. The highest BCUT2D eigenvalue weighted by Gasteiger charge is 2.49. The summed E-state index contributed by atoms with van der Waals surface area (Å²) in [5, 5.41) is 6.20. The average Bonchev–Trinajstić information content (AvgIpc) is 3.52. The molecule has 4 unspecified atom stereocenters. The molecule has 3 rings (SSSR count). The first-order valence-electron chi connectivity index (χ1n) is 13.1. The molecule has 0 spiro atoms. The van der Waals surface area contributed by atoms with Gasteiger partial charge in [-0.3, -0.25) is 9.59 Å². The molecule has 1 aliphatic carbocycles. The highest BCUT2D eigenvalue weighted by atomic mass is 35.5. The van der Waals surface area contributed by atoms with Gasteiger partial charge in [0, 0.05) is 6.04 Å². The summed E-state index contributed by atoms with van der Waals surface area (Å²) >= 11 is 6.44. The number of hydrogen-bond acceptors (Lipinski definition) is 4. The monoisotopic (exact) mass is 541 g/mol. The summed E-state index contributed by atoms with van der Waals surface area (Å²) in [5.74, 6) is -0.699. The van der Waals surface area contributed by atoms with E-state index in [1.54, 1.807) is 31.7 Å². The summed E-state index contributed by atoms with van der Waals surface area (Å²) in [4.78, 5) is 42.7. The first-order valence-corrected chi connectivity index (χ1v) is 13.5. The fourth-order valence-electron chi connectivity index (χ4n) is 4.57. The van der Waals surface area contributed by atoms with Gasteiger partial charge in [-0.05, 0) is 75.6 Å². The Balaban J connectivity index is 2.06. The van der Waals surface area contributed by atoms with Gasteiger partial charge in [0.15, 0.2) is 0 Å². The maximum Gasteiger partial charge on any atom is 0.408 e. The molecule has 0 bridgehead atoms. The zero-order valence-electron chi connectivity index (χ0n) is 23.6. The van der Waals surface area contributed by atoms with Crippen LogP contribution in [-0.4, -0.2) is 40.5 Å². The second-order valence-corrected chi connectivity index (χ2v) is 12.0. The Labute approximate surface area is 231 Å². The Morgan fingerprint density at radius 3 is 2.16 bits per heavy atom. The van der Waals surface area contributed by atoms with Crippen LogP contribution in [0.3, 0.4) is 0 Å². The van der Waals surface area contributed by atoms with Gasteiger partial charge in [-0.15, -0.1) is 0 Å². The molecule has 38 heavy (non-hydrogen) atoms. The van der Waals surface area contributed by atoms with E-state index in [2.05, 4.69) is 17.6 Å². The van der Waals surface area contributed by atoms with Crippen molar-refractivity contribution in [1.82, 2.24) is 10.2 Å². The van der Waals surface area contributed by atoms with Gasteiger partial charge in [0.1, 0.15) is 17.7 Å². The van der Waals surface area contributed by atoms with Gasteiger partial charge in [0.05, 0.1) is 10.7 Å². The number of rotatable bonds is 8. The zero-order valence-corrected chi connectivity index (χ0v) is 24.3. The van der Waals surface area contributed by atoms with Crippen molar-refractivity contribution < 1.29 is 19.1 Å². The van der Waals surface area contributed by atoms with Gasteiger partial charge in [-0.2, -0.15) is 0 Å². The number of carbonyl (C=O) groups is 3. The second kappa shape index (κ2) is 11.8. The fraction of sp³-hybridized carbons (Fsp3) is 0.500. The molecule has 0 radical (unpaired) electrons. The van der Waals surface area contributed by atoms with Crippen molar-refractivity contribution >= 4 is 35.2 Å². The normalized spacial score (nSPS) is 18.4. The summed E-state index contributed by atoms with van der Waals surface area (Å²) in [6.07, 6.45) is 0.0981. The van der Waals surface area contributed by atoms with Gasteiger partial charge < -0.3 is 20.3 Å². The Bertz CT molecular complexity index is 1170. The average molecular weight is 542 g/mol. The number of halogens is 1. The zero-order chi connectivity index (χ0) is 28.4. The lowest BCUT2D eigenvalue weighted by Gasteiger charge is -2.36. The predicted molar refractivity (Wildman–Crippen MR) is 151 cm³/mol. The van der Waals surface area contributed by atoms with Crippen molar-refractivity contribution in [2.45, 2.75) is 85.5 Å². The number of carbonyl (C=O) groups excluding carboxylic acids is 3. The third-order valence-corrected chi connectivity index (χ3v) is 7.08. The molecule has 0 saturated heterocycles. The molecular weight excluding hydrogens is 502 g/mol. The van der Waals surface area contributed by atoms with Crippen molar-refractivity contribution in [2.75, 3.05) is 5.32 Å². The topological polar surface area (TPSA) is 87.7 Å². The maximum absolute atomic E-state index is 14.3. The molecule has 3 amide bonds. The molecule has 1 fully saturated rings. The number of hydrogen-bond donors (Lipinski definition) is 2. The minimum absolute atomic E-state index is 0.146. The van der Waals surface area contributed by atoms with E-state index in [9.17, 15) is 14.4 Å². The summed E-state index contributed by atoms with van der Waals surface area (Å²) in [6, 6.07) is 11.0. The molecule has 2 N–H and O–H groups in total. The summed E-state index contributed by atoms with van der Waals surface area (Å²) in [7, 11) is 0. The van der Waals surface area contributed by atoms with Gasteiger partial charge in [0.2, 0.25) is 5.91 Å². The van der Waals surface area contributed by atoms with Crippen molar-refractivity contribution in [2.24, 2.45) is 11.8 Å². The van der Waals surface area contributed by atoms with Gasteiger partial charge >= 0.3 is 6.09 Å². The number of alkyl carbamates (subject to hydrolysis) is 1. The number of amides is 3. The van der Waals surface area contributed by atoms with Crippen LogP contribution >= 0.6 is 11.6 Å². The standard InChI is InChI=1S/C30H40ClN3O4/c1-17(2)24(33-29(37)38-30(6,7)8)28(36)34(23-16-20(23)5)26(21-14-10-9-12-18(21)3)27(35)32-25-19(4)13-11-15-22(25)31/h9-15,17,20,23-24,26H,16H2,1-8H3,(H,32,35)(H,33,37). The van der Waals surface area contributed by atoms with Crippen LogP contribution in [0.1, 0.15) is 70.7 Å².